The number of carbonyl (C=O) groups excluding carboxylic acids is 2. The molecule has 0 radical (unpaired) electrons. The summed E-state index contributed by atoms with van der Waals surface area (Å²) >= 11 is 1.15. The minimum atomic E-state index is -4.53. The van der Waals surface area contributed by atoms with Crippen LogP contribution in [0.2, 0.25) is 0 Å². The number of anilines is 1. The highest BCUT2D eigenvalue weighted by Crippen LogP contribution is 2.48. The summed E-state index contributed by atoms with van der Waals surface area (Å²) in [6, 6.07) is 11.9. The Morgan fingerprint density at radius 2 is 1.81 bits per heavy atom. The molecular weight excluding hydrogens is 363 g/mol. The highest BCUT2D eigenvalue weighted by molar-refractivity contribution is 7.99. The van der Waals surface area contributed by atoms with Gasteiger partial charge in [0, 0.05) is 16.6 Å². The number of fused-ring (bicyclic) bond motifs is 1. The first-order valence-electron chi connectivity index (χ1n) is 7.74. The number of nitrogens with zero attached hydrogens (tertiary/aromatic N) is 1. The lowest BCUT2D eigenvalue weighted by Crippen LogP contribution is -2.35. The Labute approximate surface area is 152 Å². The van der Waals surface area contributed by atoms with Gasteiger partial charge < -0.3 is 0 Å². The van der Waals surface area contributed by atoms with Gasteiger partial charge in [0.05, 0.1) is 11.3 Å². The molecule has 0 spiro atoms. The van der Waals surface area contributed by atoms with Crippen LogP contribution >= 0.6 is 11.8 Å². The van der Waals surface area contributed by atoms with Gasteiger partial charge >= 0.3 is 6.18 Å². The second-order valence-corrected chi connectivity index (χ2v) is 6.88. The van der Waals surface area contributed by atoms with Gasteiger partial charge in [-0.3, -0.25) is 9.59 Å². The van der Waals surface area contributed by atoms with Crippen LogP contribution in [0, 0.1) is 0 Å². The second-order valence-electron chi connectivity index (χ2n) is 5.63. The topological polar surface area (TPSA) is 37.4 Å². The molecule has 0 aliphatic carbocycles. The molecule has 2 amide bonds. The standard InChI is InChI=1S/C19H14F3NO2S/c1-2-17(24)23-14-9-5-6-10-15(14)26-16(11-18(23)25)12-7-3-4-8-13(12)19(20,21)22/h2-10,16H,1,11H2. The van der Waals surface area contributed by atoms with Crippen molar-refractivity contribution < 1.29 is 22.8 Å². The lowest BCUT2D eigenvalue weighted by molar-refractivity contribution is -0.138. The summed E-state index contributed by atoms with van der Waals surface area (Å²) in [5.41, 5.74) is -0.383. The molecule has 26 heavy (non-hydrogen) atoms. The number of rotatable bonds is 2. The van der Waals surface area contributed by atoms with E-state index in [0.717, 1.165) is 28.8 Å². The predicted octanol–water partition coefficient (Wildman–Crippen LogP) is 4.99. The maximum atomic E-state index is 13.4. The molecule has 3 nitrogen and oxygen atoms in total. The van der Waals surface area contributed by atoms with Crippen LogP contribution in [0.4, 0.5) is 18.9 Å². The summed E-state index contributed by atoms with van der Waals surface area (Å²) in [5, 5.41) is -0.760. The largest absolute Gasteiger partial charge is 0.416 e. The van der Waals surface area contributed by atoms with Crippen molar-refractivity contribution in [3.05, 3.63) is 72.3 Å². The molecule has 0 fully saturated rings. The van der Waals surface area contributed by atoms with Gasteiger partial charge in [-0.1, -0.05) is 36.9 Å². The quantitative estimate of drug-likeness (QED) is 0.692. The monoisotopic (exact) mass is 377 g/mol. The molecule has 7 heteroatoms. The second kappa shape index (κ2) is 6.99. The zero-order chi connectivity index (χ0) is 18.9. The third-order valence-corrected chi connectivity index (χ3v) is 5.30. The fourth-order valence-corrected chi connectivity index (χ4v) is 4.17. The lowest BCUT2D eigenvalue weighted by atomic mass is 10.0. The Kier molecular flexibility index (Phi) is 4.91. The van der Waals surface area contributed by atoms with Gasteiger partial charge in [0.15, 0.2) is 0 Å². The van der Waals surface area contributed by atoms with E-state index >= 15 is 0 Å². The van der Waals surface area contributed by atoms with Crippen LogP contribution in [-0.4, -0.2) is 11.8 Å². The van der Waals surface area contributed by atoms with Crippen molar-refractivity contribution in [2.75, 3.05) is 4.90 Å². The van der Waals surface area contributed by atoms with Crippen LogP contribution in [0.25, 0.3) is 0 Å². The Hall–Kier alpha value is -2.54. The zero-order valence-electron chi connectivity index (χ0n) is 13.5. The molecule has 1 aliphatic heterocycles. The van der Waals surface area contributed by atoms with Crippen LogP contribution in [-0.2, 0) is 15.8 Å². The van der Waals surface area contributed by atoms with Crippen molar-refractivity contribution in [2.24, 2.45) is 0 Å². The molecule has 0 saturated heterocycles. The van der Waals surface area contributed by atoms with Gasteiger partial charge in [0.25, 0.3) is 5.91 Å². The molecule has 2 aromatic rings. The molecule has 1 heterocycles. The van der Waals surface area contributed by atoms with Gasteiger partial charge in [0.2, 0.25) is 5.91 Å². The molecule has 1 atom stereocenters. The number of carbonyl (C=O) groups is 2. The number of imide groups is 1. The van der Waals surface area contributed by atoms with Gasteiger partial charge in [0.1, 0.15) is 0 Å². The van der Waals surface area contributed by atoms with Crippen LogP contribution in [0.1, 0.15) is 22.8 Å². The molecule has 1 aliphatic rings. The van der Waals surface area contributed by atoms with Crippen molar-refractivity contribution in [3.63, 3.8) is 0 Å². The van der Waals surface area contributed by atoms with Gasteiger partial charge in [-0.05, 0) is 29.8 Å². The number of amides is 2. The van der Waals surface area contributed by atoms with E-state index in [1.807, 2.05) is 0 Å². The third kappa shape index (κ3) is 3.39. The number of benzene rings is 2. The Morgan fingerprint density at radius 1 is 1.15 bits per heavy atom. The Morgan fingerprint density at radius 3 is 2.50 bits per heavy atom. The number of para-hydroxylation sites is 1. The molecule has 2 aromatic carbocycles. The Balaban J connectivity index is 2.11. The Bertz CT molecular complexity index is 879. The fourth-order valence-electron chi connectivity index (χ4n) is 2.86. The number of alkyl halides is 3. The first-order chi connectivity index (χ1) is 12.3. The summed E-state index contributed by atoms with van der Waals surface area (Å²) in [7, 11) is 0. The van der Waals surface area contributed by atoms with Crippen LogP contribution in [0.5, 0.6) is 0 Å². The van der Waals surface area contributed by atoms with Crippen molar-refractivity contribution in [3.8, 4) is 0 Å². The van der Waals surface area contributed by atoms with E-state index < -0.39 is 28.8 Å². The van der Waals surface area contributed by atoms with Crippen LogP contribution in [0.3, 0.4) is 0 Å². The third-order valence-electron chi connectivity index (χ3n) is 3.99. The molecule has 134 valence electrons. The van der Waals surface area contributed by atoms with Gasteiger partial charge in [-0.2, -0.15) is 13.2 Å². The van der Waals surface area contributed by atoms with E-state index in [-0.39, 0.29) is 12.0 Å². The first-order valence-corrected chi connectivity index (χ1v) is 8.62. The molecule has 1 unspecified atom stereocenters. The maximum absolute atomic E-state index is 13.4. The summed E-state index contributed by atoms with van der Waals surface area (Å²) < 4.78 is 40.2. The lowest BCUT2D eigenvalue weighted by Gasteiger charge is -2.20. The van der Waals surface area contributed by atoms with Gasteiger partial charge in [-0.25, -0.2) is 4.90 Å². The first kappa shape index (κ1) is 18.3. The minimum Gasteiger partial charge on any atom is -0.274 e. The van der Waals surface area contributed by atoms with Crippen LogP contribution < -0.4 is 4.90 Å². The molecule has 0 bridgehead atoms. The molecule has 0 N–H and O–H groups in total. The summed E-state index contributed by atoms with van der Waals surface area (Å²) in [6.45, 7) is 3.40. The average molecular weight is 377 g/mol. The summed E-state index contributed by atoms with van der Waals surface area (Å²) in [4.78, 5) is 26.4. The number of halogens is 3. The van der Waals surface area contributed by atoms with Gasteiger partial charge in [-0.15, -0.1) is 11.8 Å². The van der Waals surface area contributed by atoms with Crippen molar-refractivity contribution in [1.82, 2.24) is 0 Å². The number of hydrogen-bond donors (Lipinski definition) is 0. The smallest absolute Gasteiger partial charge is 0.274 e. The van der Waals surface area contributed by atoms with E-state index in [1.165, 1.54) is 18.2 Å². The van der Waals surface area contributed by atoms with E-state index in [0.29, 0.717) is 10.6 Å². The molecule has 3 rings (SSSR count). The van der Waals surface area contributed by atoms with Crippen molar-refractivity contribution in [2.45, 2.75) is 22.7 Å². The predicted molar refractivity (Wildman–Crippen MR) is 93.8 cm³/mol. The van der Waals surface area contributed by atoms with E-state index in [9.17, 15) is 22.8 Å². The summed E-state index contributed by atoms with van der Waals surface area (Å²) in [6.07, 6.45) is -3.74. The molecule has 0 aromatic heterocycles. The van der Waals surface area contributed by atoms with Crippen LogP contribution in [0.15, 0.2) is 66.1 Å². The highest BCUT2D eigenvalue weighted by Gasteiger charge is 2.38. The average Bonchev–Trinajstić information content (AvgIpc) is 2.76. The molecular formula is C19H14F3NO2S. The minimum absolute atomic E-state index is 0.0288. The maximum Gasteiger partial charge on any atom is 0.416 e. The molecule has 0 saturated carbocycles. The van der Waals surface area contributed by atoms with E-state index in [2.05, 4.69) is 6.58 Å². The zero-order valence-corrected chi connectivity index (χ0v) is 14.3. The van der Waals surface area contributed by atoms with Crippen molar-refractivity contribution in [1.29, 1.82) is 0 Å². The number of thioether (sulfide) groups is 1. The summed E-state index contributed by atoms with van der Waals surface area (Å²) in [5.74, 6) is -1.16. The number of hydrogen-bond acceptors (Lipinski definition) is 3. The van der Waals surface area contributed by atoms with Crippen molar-refractivity contribution >= 4 is 29.3 Å². The highest BCUT2D eigenvalue weighted by atomic mass is 32.2. The fraction of sp³-hybridized carbons (Fsp3) is 0.158. The SMILES string of the molecule is C=CC(=O)N1C(=O)CC(c2ccccc2C(F)(F)F)Sc2ccccc21. The van der Waals surface area contributed by atoms with E-state index in [1.54, 1.807) is 24.3 Å². The normalized spacial score (nSPS) is 17.4. The van der Waals surface area contributed by atoms with E-state index in [4.69, 9.17) is 0 Å².